The lowest BCUT2D eigenvalue weighted by Crippen LogP contribution is -2.55. The molecule has 0 radical (unpaired) electrons. The van der Waals surface area contributed by atoms with Crippen molar-refractivity contribution in [2.45, 2.75) is 77.2 Å². The number of carbonyl (C=O) groups is 4. The maximum atomic E-state index is 13.1. The molecular weight excluding hydrogens is 480 g/mol. The van der Waals surface area contributed by atoms with E-state index >= 15 is 0 Å². The molecule has 0 unspecified atom stereocenters. The standard InChI is InChI=1S/C26H40N4O7/c1-26(2,3)37-24(33)27-15-16-30(23(32)28-20-13-9-6-10-14-20)17-21(22(31)35-4)29-25(34)36-18-19-11-7-5-8-12-19/h5,7-8,11-12,20-21H,6,9-10,13-18H2,1-4H3,(H,27,33)(H,28,32)(H,29,34)/t21-/m0/s1. The summed E-state index contributed by atoms with van der Waals surface area (Å²) in [7, 11) is 1.20. The molecule has 1 aromatic carbocycles. The highest BCUT2D eigenvalue weighted by Gasteiger charge is 2.29. The largest absolute Gasteiger partial charge is 0.467 e. The molecule has 1 aliphatic carbocycles. The number of hydrogen-bond donors (Lipinski definition) is 3. The molecule has 1 fully saturated rings. The zero-order chi connectivity index (χ0) is 27.3. The van der Waals surface area contributed by atoms with Crippen molar-refractivity contribution in [2.24, 2.45) is 0 Å². The van der Waals surface area contributed by atoms with Crippen LogP contribution >= 0.6 is 0 Å². The lowest BCUT2D eigenvalue weighted by atomic mass is 9.96. The van der Waals surface area contributed by atoms with Crippen LogP contribution in [-0.2, 0) is 25.6 Å². The Balaban J connectivity index is 2.03. The molecule has 37 heavy (non-hydrogen) atoms. The highest BCUT2D eigenvalue weighted by atomic mass is 16.6. The molecule has 0 bridgehead atoms. The summed E-state index contributed by atoms with van der Waals surface area (Å²) in [6.07, 6.45) is 3.51. The molecule has 0 saturated heterocycles. The minimum atomic E-state index is -1.17. The van der Waals surface area contributed by atoms with Gasteiger partial charge in [0.05, 0.1) is 13.7 Å². The van der Waals surface area contributed by atoms with Gasteiger partial charge in [-0.3, -0.25) is 0 Å². The van der Waals surface area contributed by atoms with E-state index in [9.17, 15) is 19.2 Å². The Bertz CT molecular complexity index is 883. The van der Waals surface area contributed by atoms with Crippen molar-refractivity contribution in [3.8, 4) is 0 Å². The van der Waals surface area contributed by atoms with Gasteiger partial charge in [-0.2, -0.15) is 0 Å². The SMILES string of the molecule is COC(=O)[C@H](CN(CCNC(=O)OC(C)(C)C)C(=O)NC1CCCCC1)NC(=O)OCc1ccccc1. The summed E-state index contributed by atoms with van der Waals surface area (Å²) in [6.45, 7) is 5.25. The van der Waals surface area contributed by atoms with Gasteiger partial charge >= 0.3 is 24.2 Å². The van der Waals surface area contributed by atoms with Crippen molar-refractivity contribution in [3.63, 3.8) is 0 Å². The van der Waals surface area contributed by atoms with Gasteiger partial charge in [-0.05, 0) is 39.2 Å². The molecule has 3 N–H and O–H groups in total. The molecule has 11 heteroatoms. The van der Waals surface area contributed by atoms with Crippen LogP contribution in [0.4, 0.5) is 14.4 Å². The molecule has 1 aromatic rings. The van der Waals surface area contributed by atoms with Gasteiger partial charge in [0, 0.05) is 19.1 Å². The Labute approximate surface area is 218 Å². The second-order valence-corrected chi connectivity index (χ2v) is 9.94. The maximum absolute atomic E-state index is 13.1. The van der Waals surface area contributed by atoms with Crippen LogP contribution in [0.2, 0.25) is 0 Å². The summed E-state index contributed by atoms with van der Waals surface area (Å²) >= 11 is 0. The van der Waals surface area contributed by atoms with Crippen LogP contribution < -0.4 is 16.0 Å². The van der Waals surface area contributed by atoms with E-state index < -0.39 is 35.8 Å². The number of amides is 4. The second kappa shape index (κ2) is 14.9. The van der Waals surface area contributed by atoms with Gasteiger partial charge in [0.15, 0.2) is 0 Å². The number of nitrogens with zero attached hydrogens (tertiary/aromatic N) is 1. The first-order valence-electron chi connectivity index (χ1n) is 12.6. The highest BCUT2D eigenvalue weighted by Crippen LogP contribution is 2.17. The van der Waals surface area contributed by atoms with Gasteiger partial charge in [-0.1, -0.05) is 49.6 Å². The van der Waals surface area contributed by atoms with E-state index in [1.54, 1.807) is 32.9 Å². The number of hydrogen-bond acceptors (Lipinski definition) is 7. The van der Waals surface area contributed by atoms with E-state index in [0.29, 0.717) is 0 Å². The van der Waals surface area contributed by atoms with Gasteiger partial charge in [-0.15, -0.1) is 0 Å². The third kappa shape index (κ3) is 11.9. The highest BCUT2D eigenvalue weighted by molar-refractivity contribution is 5.83. The van der Waals surface area contributed by atoms with E-state index in [-0.39, 0.29) is 32.3 Å². The molecule has 206 valence electrons. The number of ether oxygens (including phenoxy) is 3. The molecule has 0 spiro atoms. The van der Waals surface area contributed by atoms with Crippen LogP contribution in [-0.4, -0.2) is 73.5 Å². The van der Waals surface area contributed by atoms with E-state index in [1.165, 1.54) is 12.0 Å². The molecule has 1 saturated carbocycles. The van der Waals surface area contributed by atoms with Crippen molar-refractivity contribution in [3.05, 3.63) is 35.9 Å². The third-order valence-electron chi connectivity index (χ3n) is 5.66. The zero-order valence-corrected chi connectivity index (χ0v) is 22.2. The summed E-state index contributed by atoms with van der Waals surface area (Å²) in [5, 5.41) is 8.11. The van der Waals surface area contributed by atoms with Crippen LogP contribution in [0.1, 0.15) is 58.4 Å². The number of esters is 1. The Hall–Kier alpha value is -3.50. The predicted molar refractivity (Wildman–Crippen MR) is 137 cm³/mol. The average Bonchev–Trinajstić information content (AvgIpc) is 2.86. The van der Waals surface area contributed by atoms with Crippen molar-refractivity contribution in [2.75, 3.05) is 26.7 Å². The Morgan fingerprint density at radius 3 is 2.32 bits per heavy atom. The number of methoxy groups -OCH3 is 1. The predicted octanol–water partition coefficient (Wildman–Crippen LogP) is 3.32. The van der Waals surface area contributed by atoms with Crippen LogP contribution in [0.25, 0.3) is 0 Å². The Morgan fingerprint density at radius 2 is 1.70 bits per heavy atom. The number of rotatable bonds is 10. The summed E-state index contributed by atoms with van der Waals surface area (Å²) in [5.41, 5.74) is 0.122. The summed E-state index contributed by atoms with van der Waals surface area (Å²) in [6, 6.07) is 7.56. The van der Waals surface area contributed by atoms with E-state index in [2.05, 4.69) is 16.0 Å². The van der Waals surface area contributed by atoms with Crippen molar-refractivity contribution < 1.29 is 33.4 Å². The molecule has 1 atom stereocenters. The normalized spacial score (nSPS) is 14.6. The smallest absolute Gasteiger partial charge is 0.408 e. The number of benzene rings is 1. The molecular formula is C26H40N4O7. The van der Waals surface area contributed by atoms with Gasteiger partial charge in [0.25, 0.3) is 0 Å². The first-order valence-corrected chi connectivity index (χ1v) is 12.6. The zero-order valence-electron chi connectivity index (χ0n) is 22.2. The topological polar surface area (TPSA) is 135 Å². The lowest BCUT2D eigenvalue weighted by molar-refractivity contribution is -0.143. The average molecular weight is 521 g/mol. The van der Waals surface area contributed by atoms with Crippen LogP contribution in [0.3, 0.4) is 0 Å². The molecule has 11 nitrogen and oxygen atoms in total. The molecule has 4 amide bonds. The van der Waals surface area contributed by atoms with Crippen molar-refractivity contribution in [1.29, 1.82) is 0 Å². The fourth-order valence-corrected chi connectivity index (χ4v) is 3.84. The Morgan fingerprint density at radius 1 is 1.03 bits per heavy atom. The first-order chi connectivity index (χ1) is 17.6. The number of urea groups is 1. The summed E-state index contributed by atoms with van der Waals surface area (Å²) < 4.78 is 15.3. The van der Waals surface area contributed by atoms with Gasteiger partial charge < -0.3 is 35.1 Å². The van der Waals surface area contributed by atoms with Gasteiger partial charge in [0.1, 0.15) is 18.2 Å². The monoisotopic (exact) mass is 520 g/mol. The fourth-order valence-electron chi connectivity index (χ4n) is 3.84. The molecule has 0 aliphatic heterocycles. The lowest BCUT2D eigenvalue weighted by Gasteiger charge is -2.30. The molecule has 0 heterocycles. The van der Waals surface area contributed by atoms with E-state index in [1.807, 2.05) is 18.2 Å². The molecule has 0 aromatic heterocycles. The quantitative estimate of drug-likeness (QED) is 0.318. The third-order valence-corrected chi connectivity index (χ3v) is 5.66. The minimum absolute atomic E-state index is 0.0201. The summed E-state index contributed by atoms with van der Waals surface area (Å²) in [5.74, 6) is -0.729. The van der Waals surface area contributed by atoms with Crippen LogP contribution in [0, 0.1) is 0 Å². The van der Waals surface area contributed by atoms with Gasteiger partial charge in [0.2, 0.25) is 0 Å². The molecule has 1 aliphatic rings. The molecule has 2 rings (SSSR count). The number of alkyl carbamates (subject to hydrolysis) is 2. The Kier molecular flexibility index (Phi) is 12.0. The number of carbonyl (C=O) groups excluding carboxylic acids is 4. The minimum Gasteiger partial charge on any atom is -0.467 e. The van der Waals surface area contributed by atoms with Crippen molar-refractivity contribution in [1.82, 2.24) is 20.9 Å². The van der Waals surface area contributed by atoms with E-state index in [0.717, 1.165) is 37.7 Å². The summed E-state index contributed by atoms with van der Waals surface area (Å²) in [4.78, 5) is 51.4. The van der Waals surface area contributed by atoms with Gasteiger partial charge in [-0.25, -0.2) is 19.2 Å². The van der Waals surface area contributed by atoms with Crippen LogP contribution in [0.5, 0.6) is 0 Å². The second-order valence-electron chi connectivity index (χ2n) is 9.94. The van der Waals surface area contributed by atoms with Crippen molar-refractivity contribution >= 4 is 24.2 Å². The van der Waals surface area contributed by atoms with E-state index in [4.69, 9.17) is 14.2 Å². The first kappa shape index (κ1) is 29.7. The fraction of sp³-hybridized carbons (Fsp3) is 0.615. The van der Waals surface area contributed by atoms with Crippen LogP contribution in [0.15, 0.2) is 30.3 Å². The maximum Gasteiger partial charge on any atom is 0.408 e. The number of nitrogens with one attached hydrogen (secondary N) is 3.